The maximum atomic E-state index is 12.6. The first kappa shape index (κ1) is 21.1. The number of thiophene rings is 1. The number of aryl methyl sites for hydroxylation is 2. The first-order valence-corrected chi connectivity index (χ1v) is 10.2. The van der Waals surface area contributed by atoms with Gasteiger partial charge in [0.05, 0.1) is 4.88 Å². The zero-order valence-corrected chi connectivity index (χ0v) is 18.1. The molecule has 3 aromatic rings. The maximum Gasteiger partial charge on any atom is 0.347 e. The Morgan fingerprint density at radius 1 is 1.10 bits per heavy atom. The molecule has 0 fully saturated rings. The fourth-order valence-electron chi connectivity index (χ4n) is 2.93. The molecule has 0 amide bonds. The molecule has 29 heavy (non-hydrogen) atoms. The molecule has 2 aromatic carbocycles. The van der Waals surface area contributed by atoms with E-state index in [0.717, 1.165) is 26.8 Å². The predicted octanol–water partition coefficient (Wildman–Crippen LogP) is 6.31. The molecule has 0 aliphatic carbocycles. The Balaban J connectivity index is 1.82. The van der Waals surface area contributed by atoms with Gasteiger partial charge >= 0.3 is 5.97 Å². The Morgan fingerprint density at radius 3 is 2.38 bits per heavy atom. The quantitative estimate of drug-likeness (QED) is 0.369. The smallest absolute Gasteiger partial charge is 0.347 e. The van der Waals surface area contributed by atoms with Crippen LogP contribution < -0.4 is 4.74 Å². The largest absolute Gasteiger partial charge is 0.478 e. The van der Waals surface area contributed by atoms with E-state index in [1.54, 1.807) is 12.2 Å². The van der Waals surface area contributed by atoms with Crippen LogP contribution in [0.3, 0.4) is 0 Å². The highest BCUT2D eigenvalue weighted by atomic mass is 35.5. The summed E-state index contributed by atoms with van der Waals surface area (Å²) in [7, 11) is 0. The second-order valence-electron chi connectivity index (χ2n) is 7.39. The van der Waals surface area contributed by atoms with Gasteiger partial charge < -0.3 is 9.84 Å². The van der Waals surface area contributed by atoms with E-state index in [4.69, 9.17) is 16.3 Å². The number of fused-ring (bicyclic) bond motifs is 1. The van der Waals surface area contributed by atoms with Gasteiger partial charge in [-0.05, 0) is 92.2 Å². The molecule has 1 aromatic heterocycles. The molecule has 150 valence electrons. The van der Waals surface area contributed by atoms with Crippen molar-refractivity contribution in [3.8, 4) is 5.75 Å². The van der Waals surface area contributed by atoms with Crippen LogP contribution >= 0.6 is 22.9 Å². The highest BCUT2D eigenvalue weighted by Gasteiger charge is 2.30. The number of allylic oxidation sites excluding steroid dienone is 1. The fourth-order valence-corrected chi connectivity index (χ4v) is 4.07. The summed E-state index contributed by atoms with van der Waals surface area (Å²) < 4.78 is 6.73. The van der Waals surface area contributed by atoms with Crippen molar-refractivity contribution in [1.82, 2.24) is 0 Å². The van der Waals surface area contributed by atoms with Gasteiger partial charge in [0, 0.05) is 9.72 Å². The number of hydrogen-bond acceptors (Lipinski definition) is 4. The normalized spacial score (nSPS) is 11.9. The minimum atomic E-state index is -1.33. The lowest BCUT2D eigenvalue weighted by Gasteiger charge is -2.24. The minimum absolute atomic E-state index is 0.0787. The monoisotopic (exact) mass is 428 g/mol. The third-order valence-corrected chi connectivity index (χ3v) is 5.87. The second kappa shape index (κ2) is 8.01. The summed E-state index contributed by atoms with van der Waals surface area (Å²) >= 11 is 7.44. The number of carboxylic acids is 1. The lowest BCUT2D eigenvalue weighted by Crippen LogP contribution is -2.38. The summed E-state index contributed by atoms with van der Waals surface area (Å²) in [5.41, 5.74) is 1.14. The van der Waals surface area contributed by atoms with E-state index in [1.165, 1.54) is 25.2 Å². The number of ether oxygens (including phenoxy) is 1. The summed E-state index contributed by atoms with van der Waals surface area (Å²) in [6.07, 6.45) is 3.30. The van der Waals surface area contributed by atoms with Gasteiger partial charge in [-0.15, -0.1) is 11.3 Å². The molecule has 3 rings (SSSR count). The van der Waals surface area contributed by atoms with Crippen molar-refractivity contribution in [2.24, 2.45) is 0 Å². The first-order valence-electron chi connectivity index (χ1n) is 9.02. The van der Waals surface area contributed by atoms with Gasteiger partial charge in [-0.2, -0.15) is 0 Å². The number of halogens is 1. The van der Waals surface area contributed by atoms with Crippen LogP contribution in [0.5, 0.6) is 5.75 Å². The summed E-state index contributed by atoms with van der Waals surface area (Å²) in [5, 5.41) is 10.9. The Labute approximate surface area is 178 Å². The summed E-state index contributed by atoms with van der Waals surface area (Å²) in [5.74, 6) is -0.567. The summed E-state index contributed by atoms with van der Waals surface area (Å²) in [6.45, 7) is 6.74. The van der Waals surface area contributed by atoms with Crippen LogP contribution in [0.4, 0.5) is 0 Å². The van der Waals surface area contributed by atoms with E-state index in [0.29, 0.717) is 15.6 Å². The topological polar surface area (TPSA) is 63.6 Å². The molecule has 0 spiro atoms. The molecule has 0 bridgehead atoms. The van der Waals surface area contributed by atoms with E-state index in [-0.39, 0.29) is 5.78 Å². The molecule has 1 N–H and O–H groups in total. The highest BCUT2D eigenvalue weighted by molar-refractivity contribution is 7.21. The van der Waals surface area contributed by atoms with Gasteiger partial charge in [-0.25, -0.2) is 4.79 Å². The molecule has 4 nitrogen and oxygen atoms in total. The Bertz CT molecular complexity index is 1120. The Morgan fingerprint density at radius 2 is 1.76 bits per heavy atom. The van der Waals surface area contributed by atoms with Crippen LogP contribution in [-0.4, -0.2) is 22.5 Å². The lowest BCUT2D eigenvalue weighted by atomic mass is 10.0. The van der Waals surface area contributed by atoms with Crippen LogP contribution in [0, 0.1) is 13.8 Å². The molecule has 0 aliphatic heterocycles. The van der Waals surface area contributed by atoms with Crippen LogP contribution in [0.1, 0.15) is 40.2 Å². The minimum Gasteiger partial charge on any atom is -0.478 e. The van der Waals surface area contributed by atoms with Crippen LogP contribution in [-0.2, 0) is 4.79 Å². The average Bonchev–Trinajstić information content (AvgIpc) is 3.05. The highest BCUT2D eigenvalue weighted by Crippen LogP contribution is 2.30. The molecular weight excluding hydrogens is 408 g/mol. The van der Waals surface area contributed by atoms with Crippen molar-refractivity contribution in [3.63, 3.8) is 0 Å². The average molecular weight is 429 g/mol. The second-order valence-corrected chi connectivity index (χ2v) is 8.91. The zero-order chi connectivity index (χ0) is 21.3. The lowest BCUT2D eigenvalue weighted by molar-refractivity contribution is -0.152. The molecule has 6 heteroatoms. The fraction of sp³-hybridized carbons (Fsp3) is 0.217. The molecule has 0 unspecified atom stereocenters. The molecule has 0 radical (unpaired) electrons. The third kappa shape index (κ3) is 4.69. The molecule has 0 saturated carbocycles. The predicted molar refractivity (Wildman–Crippen MR) is 118 cm³/mol. The van der Waals surface area contributed by atoms with Gasteiger partial charge in [0.25, 0.3) is 0 Å². The number of carbonyl (C=O) groups is 2. The number of ketones is 1. The van der Waals surface area contributed by atoms with Gasteiger partial charge in [0.1, 0.15) is 5.75 Å². The van der Waals surface area contributed by atoms with E-state index >= 15 is 0 Å². The number of carboxylic acid groups (broad SMARTS) is 1. The van der Waals surface area contributed by atoms with Gasteiger partial charge in [0.2, 0.25) is 0 Å². The molecular formula is C23H21ClO4S. The van der Waals surface area contributed by atoms with Crippen molar-refractivity contribution in [2.45, 2.75) is 33.3 Å². The van der Waals surface area contributed by atoms with Crippen LogP contribution in [0.2, 0.25) is 5.02 Å². The van der Waals surface area contributed by atoms with Crippen molar-refractivity contribution >= 4 is 50.9 Å². The van der Waals surface area contributed by atoms with Crippen molar-refractivity contribution in [3.05, 3.63) is 69.1 Å². The van der Waals surface area contributed by atoms with Crippen LogP contribution in [0.25, 0.3) is 16.2 Å². The number of rotatable bonds is 6. The number of aliphatic carboxylic acids is 1. The van der Waals surface area contributed by atoms with Crippen molar-refractivity contribution < 1.29 is 19.4 Å². The number of benzene rings is 2. The number of carbonyl (C=O) groups excluding carboxylic acids is 1. The van der Waals surface area contributed by atoms with Gasteiger partial charge in [-0.1, -0.05) is 17.7 Å². The van der Waals surface area contributed by atoms with Crippen LogP contribution in [0.15, 0.2) is 42.5 Å². The Hall–Kier alpha value is -2.63. The summed E-state index contributed by atoms with van der Waals surface area (Å²) in [4.78, 5) is 24.6. The Kier molecular flexibility index (Phi) is 5.82. The maximum absolute atomic E-state index is 12.6. The SMILES string of the molecule is Cc1cc(/C=C/C(=O)c2cc3cc(Cl)ccc3s2)cc(C)c1OC(C)(C)C(=O)O. The van der Waals surface area contributed by atoms with Gasteiger partial charge in [0.15, 0.2) is 11.4 Å². The van der Waals surface area contributed by atoms with E-state index < -0.39 is 11.6 Å². The standard InChI is InChI=1S/C23H21ClO4S/c1-13-9-15(10-14(2)21(13)28-23(3,4)22(26)27)5-7-18(25)20-12-16-11-17(24)6-8-19(16)29-20/h5-12H,1-4H3,(H,26,27)/b7-5+. The van der Waals surface area contributed by atoms with Crippen molar-refractivity contribution in [1.29, 1.82) is 0 Å². The molecule has 0 saturated heterocycles. The van der Waals surface area contributed by atoms with Crippen molar-refractivity contribution in [2.75, 3.05) is 0 Å². The third-order valence-electron chi connectivity index (χ3n) is 4.50. The van der Waals surface area contributed by atoms with E-state index in [1.807, 2.05) is 50.2 Å². The zero-order valence-electron chi connectivity index (χ0n) is 16.6. The first-order chi connectivity index (χ1) is 13.6. The summed E-state index contributed by atoms with van der Waals surface area (Å²) in [6, 6.07) is 11.2. The molecule has 0 aliphatic rings. The molecule has 1 heterocycles. The van der Waals surface area contributed by atoms with E-state index in [2.05, 4.69) is 0 Å². The van der Waals surface area contributed by atoms with E-state index in [9.17, 15) is 14.7 Å². The van der Waals surface area contributed by atoms with Gasteiger partial charge in [-0.3, -0.25) is 4.79 Å². The molecule has 0 atom stereocenters. The number of hydrogen-bond donors (Lipinski definition) is 1.